The quantitative estimate of drug-likeness (QED) is 0.670. The summed E-state index contributed by atoms with van der Waals surface area (Å²) in [4.78, 5) is 17.2. The number of hydrogen-bond donors (Lipinski definition) is 0. The van der Waals surface area contributed by atoms with E-state index in [1.165, 1.54) is 16.9 Å². The van der Waals surface area contributed by atoms with Gasteiger partial charge >= 0.3 is 0 Å². The van der Waals surface area contributed by atoms with Crippen LogP contribution in [0.15, 0.2) is 53.5 Å². The molecule has 0 N–H and O–H groups in total. The molecule has 0 bridgehead atoms. The maximum atomic E-state index is 12.3. The minimum atomic E-state index is -0.118. The van der Waals surface area contributed by atoms with Gasteiger partial charge < -0.3 is 4.57 Å². The number of aryl methyl sites for hydroxylation is 2. The summed E-state index contributed by atoms with van der Waals surface area (Å²) in [6, 6.07) is 16.1. The van der Waals surface area contributed by atoms with E-state index in [0.29, 0.717) is 24.2 Å². The number of rotatable bonds is 4. The first-order valence-electron chi connectivity index (χ1n) is 7.82. The lowest BCUT2D eigenvalue weighted by Gasteiger charge is -2.00. The van der Waals surface area contributed by atoms with Gasteiger partial charge in [0, 0.05) is 6.42 Å². The molecule has 1 aromatic heterocycles. The number of carbonyl (C=O) groups is 1. The lowest BCUT2D eigenvalue weighted by atomic mass is 10.1. The highest BCUT2D eigenvalue weighted by atomic mass is 32.1. The molecule has 2 aromatic carbocycles. The number of hydrogen-bond acceptors (Lipinski definition) is 2. The van der Waals surface area contributed by atoms with Crippen molar-refractivity contribution in [3.8, 4) is 12.3 Å². The third-order valence-corrected chi connectivity index (χ3v) is 4.82. The van der Waals surface area contributed by atoms with Crippen LogP contribution in [-0.4, -0.2) is 10.5 Å². The van der Waals surface area contributed by atoms with Crippen molar-refractivity contribution in [1.82, 2.24) is 4.57 Å². The number of nitrogens with zero attached hydrogens (tertiary/aromatic N) is 2. The van der Waals surface area contributed by atoms with Gasteiger partial charge in [0.2, 0.25) is 5.91 Å². The van der Waals surface area contributed by atoms with Crippen LogP contribution >= 0.6 is 11.3 Å². The van der Waals surface area contributed by atoms with Crippen LogP contribution in [-0.2, 0) is 17.8 Å². The zero-order chi connectivity index (χ0) is 16.9. The Morgan fingerprint density at radius 3 is 2.79 bits per heavy atom. The molecule has 1 amide bonds. The lowest BCUT2D eigenvalue weighted by molar-refractivity contribution is -0.118. The Kier molecular flexibility index (Phi) is 4.93. The molecule has 120 valence electrons. The number of amides is 1. The van der Waals surface area contributed by atoms with E-state index in [0.717, 1.165) is 15.8 Å². The molecule has 0 saturated heterocycles. The fourth-order valence-electron chi connectivity index (χ4n) is 2.57. The van der Waals surface area contributed by atoms with Crippen molar-refractivity contribution in [3.63, 3.8) is 0 Å². The smallest absolute Gasteiger partial charge is 0.248 e. The molecule has 0 fully saturated rings. The van der Waals surface area contributed by atoms with Crippen LogP contribution in [0.5, 0.6) is 0 Å². The predicted molar refractivity (Wildman–Crippen MR) is 98.7 cm³/mol. The van der Waals surface area contributed by atoms with Crippen LogP contribution < -0.4 is 4.80 Å². The van der Waals surface area contributed by atoms with Gasteiger partial charge in [0.05, 0.1) is 16.8 Å². The number of aromatic nitrogens is 1. The number of terminal acetylenes is 1. The van der Waals surface area contributed by atoms with Gasteiger partial charge in [-0.1, -0.05) is 53.7 Å². The molecule has 3 rings (SSSR count). The molecule has 0 aliphatic rings. The van der Waals surface area contributed by atoms with Crippen LogP contribution in [0.4, 0.5) is 0 Å². The molecule has 0 saturated carbocycles. The first kappa shape index (κ1) is 16.2. The number of fused-ring (bicyclic) bond motifs is 1. The minimum absolute atomic E-state index is 0.118. The first-order valence-corrected chi connectivity index (χ1v) is 8.64. The van der Waals surface area contributed by atoms with Crippen LogP contribution in [0.1, 0.15) is 17.5 Å². The van der Waals surface area contributed by atoms with Crippen molar-refractivity contribution in [1.29, 1.82) is 0 Å². The Balaban J connectivity index is 1.89. The number of thiazole rings is 1. The summed E-state index contributed by atoms with van der Waals surface area (Å²) >= 11 is 1.51. The maximum absolute atomic E-state index is 12.3. The maximum Gasteiger partial charge on any atom is 0.248 e. The van der Waals surface area contributed by atoms with E-state index in [1.807, 2.05) is 54.0 Å². The monoisotopic (exact) mass is 334 g/mol. The Hall–Kier alpha value is -2.64. The van der Waals surface area contributed by atoms with E-state index in [4.69, 9.17) is 6.42 Å². The standard InChI is InChI=1S/C20H18N2OS/c1-3-13-22-17-11-9-15(2)14-18(17)24-20(22)21-19(23)12-10-16-7-5-4-6-8-16/h1,4-9,11,14H,10,12-13H2,2H3. The topological polar surface area (TPSA) is 34.4 Å². The zero-order valence-corrected chi connectivity index (χ0v) is 14.3. The van der Waals surface area contributed by atoms with Gasteiger partial charge in [0.1, 0.15) is 0 Å². The molecule has 24 heavy (non-hydrogen) atoms. The Labute approximate surface area is 145 Å². The summed E-state index contributed by atoms with van der Waals surface area (Å²) in [5, 5.41) is 0. The predicted octanol–water partition coefficient (Wildman–Crippen LogP) is 3.70. The van der Waals surface area contributed by atoms with E-state index >= 15 is 0 Å². The fraction of sp³-hybridized carbons (Fsp3) is 0.200. The third-order valence-electron chi connectivity index (χ3n) is 3.78. The molecule has 0 aliphatic carbocycles. The van der Waals surface area contributed by atoms with Gasteiger partial charge in [-0.15, -0.1) is 6.42 Å². The number of benzene rings is 2. The molecule has 4 heteroatoms. The van der Waals surface area contributed by atoms with Crippen molar-refractivity contribution in [2.24, 2.45) is 4.99 Å². The molecule has 0 radical (unpaired) electrons. The van der Waals surface area contributed by atoms with Gasteiger partial charge in [-0.25, -0.2) is 0 Å². The van der Waals surface area contributed by atoms with Gasteiger partial charge in [0.25, 0.3) is 0 Å². The molecular weight excluding hydrogens is 316 g/mol. The number of carbonyl (C=O) groups excluding carboxylic acids is 1. The molecular formula is C20H18N2OS. The molecule has 3 aromatic rings. The third kappa shape index (κ3) is 3.64. The first-order chi connectivity index (χ1) is 11.7. The molecule has 3 nitrogen and oxygen atoms in total. The van der Waals surface area contributed by atoms with Crippen LogP contribution in [0.2, 0.25) is 0 Å². The van der Waals surface area contributed by atoms with E-state index in [9.17, 15) is 4.79 Å². The molecule has 0 aliphatic heterocycles. The summed E-state index contributed by atoms with van der Waals surface area (Å²) in [6.45, 7) is 2.46. The highest BCUT2D eigenvalue weighted by Crippen LogP contribution is 2.18. The normalized spacial score (nSPS) is 11.6. The van der Waals surface area contributed by atoms with E-state index in [2.05, 4.69) is 17.0 Å². The second-order valence-electron chi connectivity index (χ2n) is 5.64. The van der Waals surface area contributed by atoms with E-state index in [-0.39, 0.29) is 5.91 Å². The van der Waals surface area contributed by atoms with Crippen LogP contribution in [0.25, 0.3) is 10.2 Å². The fourth-order valence-corrected chi connectivity index (χ4v) is 3.71. The molecule has 0 unspecified atom stereocenters. The summed E-state index contributed by atoms with van der Waals surface area (Å²) in [6.07, 6.45) is 6.58. The highest BCUT2D eigenvalue weighted by Gasteiger charge is 2.07. The van der Waals surface area contributed by atoms with Crippen molar-refractivity contribution in [2.45, 2.75) is 26.3 Å². The Morgan fingerprint density at radius 2 is 2.04 bits per heavy atom. The molecule has 1 heterocycles. The second-order valence-corrected chi connectivity index (χ2v) is 6.65. The average molecular weight is 334 g/mol. The van der Waals surface area contributed by atoms with E-state index in [1.54, 1.807) is 0 Å². The summed E-state index contributed by atoms with van der Waals surface area (Å²) in [7, 11) is 0. The minimum Gasteiger partial charge on any atom is -0.305 e. The van der Waals surface area contributed by atoms with Gasteiger partial charge in [-0.05, 0) is 36.6 Å². The lowest BCUT2D eigenvalue weighted by Crippen LogP contribution is -2.16. The summed E-state index contributed by atoms with van der Waals surface area (Å²) in [5.41, 5.74) is 3.35. The van der Waals surface area contributed by atoms with Gasteiger partial charge in [-0.2, -0.15) is 4.99 Å². The van der Waals surface area contributed by atoms with Gasteiger partial charge in [-0.3, -0.25) is 4.79 Å². The molecule has 0 atom stereocenters. The molecule has 0 spiro atoms. The van der Waals surface area contributed by atoms with Crippen molar-refractivity contribution in [3.05, 3.63) is 64.5 Å². The van der Waals surface area contributed by atoms with Crippen LogP contribution in [0.3, 0.4) is 0 Å². The van der Waals surface area contributed by atoms with Crippen molar-refractivity contribution in [2.75, 3.05) is 0 Å². The van der Waals surface area contributed by atoms with E-state index < -0.39 is 0 Å². The zero-order valence-electron chi connectivity index (χ0n) is 13.5. The Bertz CT molecular complexity index is 974. The average Bonchev–Trinajstić information content (AvgIpc) is 2.91. The van der Waals surface area contributed by atoms with Gasteiger partial charge in [0.15, 0.2) is 4.80 Å². The van der Waals surface area contributed by atoms with Crippen molar-refractivity contribution >= 4 is 27.5 Å². The van der Waals surface area contributed by atoms with Crippen LogP contribution in [0, 0.1) is 19.3 Å². The second kappa shape index (κ2) is 7.29. The van der Waals surface area contributed by atoms with Crippen molar-refractivity contribution < 1.29 is 4.79 Å². The SMILES string of the molecule is C#CCn1c(=NC(=O)CCc2ccccc2)sc2cc(C)ccc21. The highest BCUT2D eigenvalue weighted by molar-refractivity contribution is 7.16. The largest absolute Gasteiger partial charge is 0.305 e. The summed E-state index contributed by atoms with van der Waals surface area (Å²) < 4.78 is 3.03. The Morgan fingerprint density at radius 1 is 1.25 bits per heavy atom. The summed E-state index contributed by atoms with van der Waals surface area (Å²) in [5.74, 6) is 2.53.